The third-order valence-corrected chi connectivity index (χ3v) is 3.10. The lowest BCUT2D eigenvalue weighted by Gasteiger charge is -2.05. The van der Waals surface area contributed by atoms with Gasteiger partial charge in [0.2, 0.25) is 0 Å². The lowest BCUT2D eigenvalue weighted by atomic mass is 10.1. The van der Waals surface area contributed by atoms with Gasteiger partial charge >= 0.3 is 0 Å². The minimum atomic E-state index is -0.109. The van der Waals surface area contributed by atoms with Gasteiger partial charge in [0.15, 0.2) is 12.4 Å². The maximum atomic E-state index is 11.8. The summed E-state index contributed by atoms with van der Waals surface area (Å²) in [5.74, 6) is 0.865. The molecule has 2 aromatic carbocycles. The van der Waals surface area contributed by atoms with E-state index in [2.05, 4.69) is 0 Å². The number of carbonyl (C=O) groups excluding carboxylic acids is 1. The van der Waals surface area contributed by atoms with Gasteiger partial charge < -0.3 is 9.84 Å². The summed E-state index contributed by atoms with van der Waals surface area (Å²) in [5, 5.41) is 9.71. The fourth-order valence-electron chi connectivity index (χ4n) is 1.99. The van der Waals surface area contributed by atoms with Crippen molar-refractivity contribution in [2.24, 2.45) is 0 Å². The molecule has 0 spiro atoms. The van der Waals surface area contributed by atoms with E-state index in [0.29, 0.717) is 11.5 Å². The van der Waals surface area contributed by atoms with Crippen molar-refractivity contribution in [3.63, 3.8) is 0 Å². The average molecular weight is 282 g/mol. The Morgan fingerprint density at radius 2 is 1.76 bits per heavy atom. The van der Waals surface area contributed by atoms with Gasteiger partial charge in [-0.05, 0) is 60.9 Å². The van der Waals surface area contributed by atoms with Crippen LogP contribution in [-0.4, -0.2) is 17.5 Å². The lowest BCUT2D eigenvalue weighted by molar-refractivity contribution is -0.116. The molecule has 0 bridgehead atoms. The summed E-state index contributed by atoms with van der Waals surface area (Å²) in [6, 6.07) is 12.9. The van der Waals surface area contributed by atoms with Gasteiger partial charge in [0.05, 0.1) is 0 Å². The van der Waals surface area contributed by atoms with E-state index in [1.165, 1.54) is 6.08 Å². The van der Waals surface area contributed by atoms with Crippen LogP contribution in [0.15, 0.2) is 48.5 Å². The van der Waals surface area contributed by atoms with Crippen LogP contribution in [-0.2, 0) is 4.79 Å². The second-order valence-corrected chi connectivity index (χ2v) is 4.90. The fourth-order valence-corrected chi connectivity index (χ4v) is 1.99. The van der Waals surface area contributed by atoms with E-state index in [4.69, 9.17) is 4.74 Å². The summed E-state index contributed by atoms with van der Waals surface area (Å²) < 4.78 is 5.38. The molecule has 2 aromatic rings. The SMILES string of the molecule is Cc1cc(/C=C/C(=O)COc2ccccc2)cc(C)c1O. The van der Waals surface area contributed by atoms with Crippen LogP contribution < -0.4 is 4.74 Å². The summed E-state index contributed by atoms with van der Waals surface area (Å²) in [6.07, 6.45) is 3.23. The minimum Gasteiger partial charge on any atom is -0.507 e. The van der Waals surface area contributed by atoms with Crippen molar-refractivity contribution in [3.05, 3.63) is 65.2 Å². The molecule has 0 atom stereocenters. The van der Waals surface area contributed by atoms with E-state index in [1.54, 1.807) is 6.08 Å². The number of rotatable bonds is 5. The fraction of sp³-hybridized carbons (Fsp3) is 0.167. The number of hydrogen-bond acceptors (Lipinski definition) is 3. The van der Waals surface area contributed by atoms with Crippen molar-refractivity contribution in [1.29, 1.82) is 0 Å². The maximum Gasteiger partial charge on any atom is 0.193 e. The molecule has 1 N–H and O–H groups in total. The number of carbonyl (C=O) groups is 1. The molecule has 0 heterocycles. The van der Waals surface area contributed by atoms with Gasteiger partial charge in [0.25, 0.3) is 0 Å². The molecule has 0 aliphatic carbocycles. The molecule has 0 aromatic heterocycles. The zero-order chi connectivity index (χ0) is 15.2. The zero-order valence-electron chi connectivity index (χ0n) is 12.2. The van der Waals surface area contributed by atoms with Crippen molar-refractivity contribution in [1.82, 2.24) is 0 Å². The molecule has 2 rings (SSSR count). The molecule has 3 heteroatoms. The number of aromatic hydroxyl groups is 1. The Hall–Kier alpha value is -2.55. The van der Waals surface area contributed by atoms with Gasteiger partial charge in [0, 0.05) is 0 Å². The summed E-state index contributed by atoms with van der Waals surface area (Å²) in [7, 11) is 0. The number of ketones is 1. The maximum absolute atomic E-state index is 11.8. The number of aryl methyl sites for hydroxylation is 2. The Balaban J connectivity index is 1.96. The van der Waals surface area contributed by atoms with Crippen molar-refractivity contribution in [2.75, 3.05) is 6.61 Å². The van der Waals surface area contributed by atoms with Gasteiger partial charge in [0.1, 0.15) is 11.5 Å². The van der Waals surface area contributed by atoms with Crippen LogP contribution in [0.2, 0.25) is 0 Å². The number of benzene rings is 2. The second kappa shape index (κ2) is 6.75. The van der Waals surface area contributed by atoms with Crippen LogP contribution in [0.4, 0.5) is 0 Å². The summed E-state index contributed by atoms with van der Waals surface area (Å²) in [4.78, 5) is 11.8. The number of ether oxygens (including phenoxy) is 1. The number of hydrogen-bond donors (Lipinski definition) is 1. The first-order valence-corrected chi connectivity index (χ1v) is 6.75. The van der Waals surface area contributed by atoms with Crippen molar-refractivity contribution >= 4 is 11.9 Å². The highest BCUT2D eigenvalue weighted by Gasteiger charge is 2.02. The number of para-hydroxylation sites is 1. The molecule has 0 aliphatic rings. The van der Waals surface area contributed by atoms with Crippen LogP contribution in [0.5, 0.6) is 11.5 Å². The highest BCUT2D eigenvalue weighted by molar-refractivity contribution is 5.94. The molecule has 0 unspecified atom stereocenters. The first-order valence-electron chi connectivity index (χ1n) is 6.75. The Morgan fingerprint density at radius 3 is 2.38 bits per heavy atom. The molecule has 0 saturated heterocycles. The zero-order valence-corrected chi connectivity index (χ0v) is 12.2. The molecular formula is C18H18O3. The third-order valence-electron chi connectivity index (χ3n) is 3.10. The predicted octanol–water partition coefficient (Wildman–Crippen LogP) is 3.67. The normalized spacial score (nSPS) is 10.8. The predicted molar refractivity (Wildman–Crippen MR) is 83.6 cm³/mol. The van der Waals surface area contributed by atoms with Crippen LogP contribution >= 0.6 is 0 Å². The van der Waals surface area contributed by atoms with Crippen molar-refractivity contribution < 1.29 is 14.6 Å². The first-order chi connectivity index (χ1) is 10.1. The van der Waals surface area contributed by atoms with E-state index in [1.807, 2.05) is 56.3 Å². The molecule has 108 valence electrons. The third kappa shape index (κ3) is 4.21. The van der Waals surface area contributed by atoms with Gasteiger partial charge in [-0.1, -0.05) is 24.3 Å². The Labute approximate surface area is 124 Å². The first kappa shape index (κ1) is 14.9. The molecule has 0 fully saturated rings. The van der Waals surface area contributed by atoms with Crippen LogP contribution in [0, 0.1) is 13.8 Å². The lowest BCUT2D eigenvalue weighted by Crippen LogP contribution is -2.07. The van der Waals surface area contributed by atoms with Gasteiger partial charge in [-0.15, -0.1) is 0 Å². The van der Waals surface area contributed by atoms with Crippen LogP contribution in [0.3, 0.4) is 0 Å². The Bertz CT molecular complexity index is 634. The molecule has 0 aliphatic heterocycles. The monoisotopic (exact) mass is 282 g/mol. The highest BCUT2D eigenvalue weighted by Crippen LogP contribution is 2.23. The summed E-state index contributed by atoms with van der Waals surface area (Å²) in [5.41, 5.74) is 2.47. The standard InChI is InChI=1S/C18H18O3/c1-13-10-15(11-14(2)18(13)20)8-9-16(19)12-21-17-6-4-3-5-7-17/h3-11,20H,12H2,1-2H3/b9-8+. The van der Waals surface area contributed by atoms with Crippen LogP contribution in [0.25, 0.3) is 6.08 Å². The van der Waals surface area contributed by atoms with E-state index >= 15 is 0 Å². The summed E-state index contributed by atoms with van der Waals surface area (Å²) >= 11 is 0. The molecule has 21 heavy (non-hydrogen) atoms. The Kier molecular flexibility index (Phi) is 4.77. The minimum absolute atomic E-state index is 0.0105. The van der Waals surface area contributed by atoms with E-state index in [0.717, 1.165) is 16.7 Å². The van der Waals surface area contributed by atoms with E-state index in [9.17, 15) is 9.90 Å². The van der Waals surface area contributed by atoms with Gasteiger partial charge in [-0.3, -0.25) is 4.79 Å². The second-order valence-electron chi connectivity index (χ2n) is 4.90. The van der Waals surface area contributed by atoms with Crippen LogP contribution in [0.1, 0.15) is 16.7 Å². The average Bonchev–Trinajstić information content (AvgIpc) is 2.49. The molecule has 3 nitrogen and oxygen atoms in total. The van der Waals surface area contributed by atoms with E-state index < -0.39 is 0 Å². The smallest absolute Gasteiger partial charge is 0.193 e. The van der Waals surface area contributed by atoms with Gasteiger partial charge in [-0.2, -0.15) is 0 Å². The molecule has 0 radical (unpaired) electrons. The molecular weight excluding hydrogens is 264 g/mol. The van der Waals surface area contributed by atoms with E-state index in [-0.39, 0.29) is 12.4 Å². The number of phenolic OH excluding ortho intramolecular Hbond substituents is 1. The van der Waals surface area contributed by atoms with Crippen molar-refractivity contribution in [3.8, 4) is 11.5 Å². The quantitative estimate of drug-likeness (QED) is 0.851. The topological polar surface area (TPSA) is 46.5 Å². The largest absolute Gasteiger partial charge is 0.507 e. The summed E-state index contributed by atoms with van der Waals surface area (Å²) in [6.45, 7) is 3.68. The molecule has 0 amide bonds. The molecule has 0 saturated carbocycles. The highest BCUT2D eigenvalue weighted by atomic mass is 16.5. The van der Waals surface area contributed by atoms with Gasteiger partial charge in [-0.25, -0.2) is 0 Å². The Morgan fingerprint density at radius 1 is 1.14 bits per heavy atom. The number of phenols is 1. The van der Waals surface area contributed by atoms with Crippen molar-refractivity contribution in [2.45, 2.75) is 13.8 Å².